The van der Waals surface area contributed by atoms with Gasteiger partial charge in [-0.2, -0.15) is 0 Å². The molecule has 0 rings (SSSR count). The number of carbonyl (C=O) groups excluding carboxylic acids is 2. The van der Waals surface area contributed by atoms with Crippen LogP contribution in [0.2, 0.25) is 0 Å². The second-order valence-corrected chi connectivity index (χ2v) is 4.58. The number of rotatable bonds is 11. The van der Waals surface area contributed by atoms with Gasteiger partial charge in [0.2, 0.25) is 0 Å². The quantitative estimate of drug-likeness (QED) is 0.461. The lowest BCUT2D eigenvalue weighted by atomic mass is 10.2. The summed E-state index contributed by atoms with van der Waals surface area (Å²) in [6.45, 7) is 4.67. The van der Waals surface area contributed by atoms with Gasteiger partial charge in [0.15, 0.2) is 0 Å². The summed E-state index contributed by atoms with van der Waals surface area (Å²) in [6.07, 6.45) is 4.37. The first-order valence-corrected chi connectivity index (χ1v) is 7.19. The Labute approximate surface area is 115 Å². The van der Waals surface area contributed by atoms with Gasteiger partial charge in [0.25, 0.3) is 0 Å². The smallest absolute Gasteiger partial charge is 0.306 e. The van der Waals surface area contributed by atoms with E-state index in [1.54, 1.807) is 0 Å². The van der Waals surface area contributed by atoms with Crippen LogP contribution in [0.5, 0.6) is 0 Å². The molecule has 0 aliphatic heterocycles. The van der Waals surface area contributed by atoms with Crippen molar-refractivity contribution < 1.29 is 19.1 Å². The standard InChI is InChI=1S/C14H27NO4/c1-3-7-12(11-18-13(16)8-4-2)19-14(17)9-5-6-10-15/h12H,3-11,15H2,1-2H3. The van der Waals surface area contributed by atoms with E-state index in [-0.39, 0.29) is 24.6 Å². The third kappa shape index (κ3) is 10.5. The lowest BCUT2D eigenvalue weighted by Crippen LogP contribution is -2.25. The number of hydrogen-bond acceptors (Lipinski definition) is 5. The summed E-state index contributed by atoms with van der Waals surface area (Å²) in [5.41, 5.74) is 5.36. The van der Waals surface area contributed by atoms with E-state index >= 15 is 0 Å². The summed E-state index contributed by atoms with van der Waals surface area (Å²) in [5, 5.41) is 0. The summed E-state index contributed by atoms with van der Waals surface area (Å²) in [6, 6.07) is 0. The fourth-order valence-corrected chi connectivity index (χ4v) is 1.62. The Bertz CT molecular complexity index is 256. The molecule has 0 aliphatic carbocycles. The van der Waals surface area contributed by atoms with Crippen LogP contribution in [0.3, 0.4) is 0 Å². The molecular formula is C14H27NO4. The Morgan fingerprint density at radius 1 is 1.05 bits per heavy atom. The highest BCUT2D eigenvalue weighted by Crippen LogP contribution is 2.07. The van der Waals surface area contributed by atoms with Gasteiger partial charge >= 0.3 is 11.9 Å². The largest absolute Gasteiger partial charge is 0.462 e. The van der Waals surface area contributed by atoms with Gasteiger partial charge in [0.05, 0.1) is 0 Å². The van der Waals surface area contributed by atoms with Crippen LogP contribution in [0.4, 0.5) is 0 Å². The minimum atomic E-state index is -0.323. The first kappa shape index (κ1) is 17.9. The van der Waals surface area contributed by atoms with Crippen molar-refractivity contribution in [1.82, 2.24) is 0 Å². The maximum atomic E-state index is 11.6. The van der Waals surface area contributed by atoms with E-state index in [0.29, 0.717) is 25.8 Å². The van der Waals surface area contributed by atoms with Gasteiger partial charge in [0.1, 0.15) is 12.7 Å². The second-order valence-electron chi connectivity index (χ2n) is 4.58. The number of ether oxygens (including phenoxy) is 2. The molecule has 0 aromatic heterocycles. The van der Waals surface area contributed by atoms with Crippen molar-refractivity contribution in [1.29, 1.82) is 0 Å². The van der Waals surface area contributed by atoms with E-state index < -0.39 is 0 Å². The van der Waals surface area contributed by atoms with E-state index in [2.05, 4.69) is 0 Å². The van der Waals surface area contributed by atoms with Gasteiger partial charge in [-0.3, -0.25) is 9.59 Å². The number of nitrogens with two attached hydrogens (primary N) is 1. The Kier molecular flexibility index (Phi) is 11.3. The van der Waals surface area contributed by atoms with Gasteiger partial charge in [-0.15, -0.1) is 0 Å². The van der Waals surface area contributed by atoms with Crippen LogP contribution in [0.15, 0.2) is 0 Å². The zero-order chi connectivity index (χ0) is 14.5. The number of carbonyl (C=O) groups is 2. The highest BCUT2D eigenvalue weighted by Gasteiger charge is 2.15. The molecule has 19 heavy (non-hydrogen) atoms. The van der Waals surface area contributed by atoms with Crippen LogP contribution < -0.4 is 5.73 Å². The number of unbranched alkanes of at least 4 members (excludes halogenated alkanes) is 1. The van der Waals surface area contributed by atoms with Crippen LogP contribution in [0.25, 0.3) is 0 Å². The molecule has 0 radical (unpaired) electrons. The molecule has 0 spiro atoms. The Morgan fingerprint density at radius 2 is 1.79 bits per heavy atom. The van der Waals surface area contributed by atoms with Crippen molar-refractivity contribution in [3.05, 3.63) is 0 Å². The molecule has 0 aromatic carbocycles. The van der Waals surface area contributed by atoms with Crippen molar-refractivity contribution >= 4 is 11.9 Å². The normalized spacial score (nSPS) is 11.9. The molecule has 0 bridgehead atoms. The minimum absolute atomic E-state index is 0.162. The summed E-state index contributed by atoms with van der Waals surface area (Å²) < 4.78 is 10.4. The fraction of sp³-hybridized carbons (Fsp3) is 0.857. The monoisotopic (exact) mass is 273 g/mol. The Hall–Kier alpha value is -1.10. The average molecular weight is 273 g/mol. The molecule has 2 N–H and O–H groups in total. The Balaban J connectivity index is 3.96. The van der Waals surface area contributed by atoms with Crippen molar-refractivity contribution in [2.24, 2.45) is 5.73 Å². The zero-order valence-electron chi connectivity index (χ0n) is 12.2. The Morgan fingerprint density at radius 3 is 2.37 bits per heavy atom. The predicted molar refractivity (Wildman–Crippen MR) is 73.6 cm³/mol. The molecule has 112 valence electrons. The molecule has 5 nitrogen and oxygen atoms in total. The highest BCUT2D eigenvalue weighted by atomic mass is 16.6. The van der Waals surface area contributed by atoms with Crippen LogP contribution in [-0.4, -0.2) is 31.2 Å². The number of hydrogen-bond donors (Lipinski definition) is 1. The van der Waals surface area contributed by atoms with E-state index in [0.717, 1.165) is 25.7 Å². The SMILES string of the molecule is CCCC(=O)OCC(CCC)OC(=O)CCCCN. The molecule has 0 saturated heterocycles. The topological polar surface area (TPSA) is 78.6 Å². The molecule has 5 heteroatoms. The van der Waals surface area contributed by atoms with Gasteiger partial charge < -0.3 is 15.2 Å². The van der Waals surface area contributed by atoms with Crippen molar-refractivity contribution in [2.45, 2.75) is 64.9 Å². The van der Waals surface area contributed by atoms with Crippen LogP contribution in [0.1, 0.15) is 58.8 Å². The van der Waals surface area contributed by atoms with Crippen LogP contribution in [-0.2, 0) is 19.1 Å². The van der Waals surface area contributed by atoms with E-state index in [1.807, 2.05) is 13.8 Å². The van der Waals surface area contributed by atoms with Crippen LogP contribution in [0, 0.1) is 0 Å². The molecule has 0 aromatic rings. The third-order valence-corrected chi connectivity index (χ3v) is 2.63. The molecule has 0 heterocycles. The molecule has 0 aliphatic rings. The molecule has 0 amide bonds. The number of esters is 2. The molecular weight excluding hydrogens is 246 g/mol. The molecule has 1 atom stereocenters. The van der Waals surface area contributed by atoms with E-state index in [1.165, 1.54) is 0 Å². The lowest BCUT2D eigenvalue weighted by Gasteiger charge is -2.17. The summed E-state index contributed by atoms with van der Waals surface area (Å²) >= 11 is 0. The van der Waals surface area contributed by atoms with E-state index in [9.17, 15) is 9.59 Å². The highest BCUT2D eigenvalue weighted by molar-refractivity contribution is 5.70. The van der Waals surface area contributed by atoms with Gasteiger partial charge in [-0.25, -0.2) is 0 Å². The maximum Gasteiger partial charge on any atom is 0.306 e. The average Bonchev–Trinajstić information content (AvgIpc) is 2.37. The fourth-order valence-electron chi connectivity index (χ4n) is 1.62. The summed E-state index contributed by atoms with van der Waals surface area (Å²) in [4.78, 5) is 22.8. The maximum absolute atomic E-state index is 11.6. The first-order valence-electron chi connectivity index (χ1n) is 7.19. The zero-order valence-corrected chi connectivity index (χ0v) is 12.2. The van der Waals surface area contributed by atoms with Crippen LogP contribution >= 0.6 is 0 Å². The second kappa shape index (κ2) is 12.0. The molecule has 0 saturated carbocycles. The predicted octanol–water partition coefficient (Wildman–Crippen LogP) is 2.17. The van der Waals surface area contributed by atoms with Crippen molar-refractivity contribution in [2.75, 3.05) is 13.2 Å². The molecule has 0 fully saturated rings. The van der Waals surface area contributed by atoms with Crippen molar-refractivity contribution in [3.8, 4) is 0 Å². The van der Waals surface area contributed by atoms with Gasteiger partial charge in [0, 0.05) is 12.8 Å². The lowest BCUT2D eigenvalue weighted by molar-refractivity contribution is -0.159. The molecule has 1 unspecified atom stereocenters. The van der Waals surface area contributed by atoms with Crippen molar-refractivity contribution in [3.63, 3.8) is 0 Å². The first-order chi connectivity index (χ1) is 9.13. The third-order valence-electron chi connectivity index (χ3n) is 2.63. The van der Waals surface area contributed by atoms with Gasteiger partial charge in [-0.1, -0.05) is 20.3 Å². The summed E-state index contributed by atoms with van der Waals surface area (Å²) in [5.74, 6) is -0.471. The van der Waals surface area contributed by atoms with E-state index in [4.69, 9.17) is 15.2 Å². The summed E-state index contributed by atoms with van der Waals surface area (Å²) in [7, 11) is 0. The van der Waals surface area contributed by atoms with Gasteiger partial charge in [-0.05, 0) is 32.2 Å². The minimum Gasteiger partial charge on any atom is -0.462 e.